The summed E-state index contributed by atoms with van der Waals surface area (Å²) in [6.45, 7) is 5.93. The number of rotatable bonds is 4. The minimum atomic E-state index is -2.85. The zero-order chi connectivity index (χ0) is 12.2. The van der Waals surface area contributed by atoms with Crippen LogP contribution >= 0.6 is 0 Å². The van der Waals surface area contributed by atoms with Gasteiger partial charge in [-0.15, -0.1) is 0 Å². The van der Waals surface area contributed by atoms with Gasteiger partial charge in [0.25, 0.3) is 0 Å². The second-order valence-electron chi connectivity index (χ2n) is 4.91. The van der Waals surface area contributed by atoms with E-state index in [9.17, 15) is 13.2 Å². The highest BCUT2D eigenvalue weighted by Gasteiger charge is 2.27. The molecular weight excluding hydrogens is 226 g/mol. The molecule has 1 saturated heterocycles. The fourth-order valence-corrected chi connectivity index (χ4v) is 3.20. The average Bonchev–Trinajstić information content (AvgIpc) is 2.40. The molecule has 5 heteroatoms. The fourth-order valence-electron chi connectivity index (χ4n) is 1.89. The van der Waals surface area contributed by atoms with Crippen LogP contribution in [0, 0.1) is 5.41 Å². The van der Waals surface area contributed by atoms with Gasteiger partial charge in [0.2, 0.25) is 0 Å². The predicted molar refractivity (Wildman–Crippen MR) is 64.2 cm³/mol. The molecule has 1 aliphatic rings. The molecule has 0 aliphatic carbocycles. The summed E-state index contributed by atoms with van der Waals surface area (Å²) in [6.07, 6.45) is 2.47. The summed E-state index contributed by atoms with van der Waals surface area (Å²) < 4.78 is 22.8. The molecule has 0 aromatic rings. The summed E-state index contributed by atoms with van der Waals surface area (Å²) >= 11 is 0. The third-order valence-electron chi connectivity index (χ3n) is 3.33. The minimum Gasteiger partial charge on any atom is -0.303 e. The van der Waals surface area contributed by atoms with Crippen molar-refractivity contribution in [1.29, 1.82) is 0 Å². The van der Waals surface area contributed by atoms with Gasteiger partial charge in [-0.25, -0.2) is 8.42 Å². The Morgan fingerprint density at radius 2 is 2.00 bits per heavy atom. The number of hydrogen-bond acceptors (Lipinski definition) is 4. The number of hydrogen-bond donors (Lipinski definition) is 0. The molecule has 1 heterocycles. The number of aldehydes is 1. The number of carbonyl (C=O) groups is 1. The van der Waals surface area contributed by atoms with E-state index in [1.165, 1.54) is 0 Å². The van der Waals surface area contributed by atoms with Crippen LogP contribution in [-0.4, -0.2) is 50.7 Å². The van der Waals surface area contributed by atoms with Crippen LogP contribution in [0.5, 0.6) is 0 Å². The Morgan fingerprint density at radius 1 is 1.31 bits per heavy atom. The van der Waals surface area contributed by atoms with Gasteiger partial charge in [-0.1, -0.05) is 13.8 Å². The number of carbonyl (C=O) groups excluding carboxylic acids is 1. The first-order valence-electron chi connectivity index (χ1n) is 5.80. The zero-order valence-corrected chi connectivity index (χ0v) is 10.9. The number of sulfone groups is 1. The SMILES string of the molecule is CCC(C)(C=O)CN1CCCS(=O)(=O)CC1. The second kappa shape index (κ2) is 5.27. The van der Waals surface area contributed by atoms with E-state index in [0.717, 1.165) is 19.3 Å². The van der Waals surface area contributed by atoms with E-state index in [2.05, 4.69) is 4.90 Å². The third kappa shape index (κ3) is 3.87. The highest BCUT2D eigenvalue weighted by molar-refractivity contribution is 7.91. The smallest absolute Gasteiger partial charge is 0.151 e. The van der Waals surface area contributed by atoms with E-state index in [-0.39, 0.29) is 16.9 Å². The molecule has 0 bridgehead atoms. The van der Waals surface area contributed by atoms with Gasteiger partial charge in [-0.3, -0.25) is 0 Å². The van der Waals surface area contributed by atoms with Crippen molar-refractivity contribution in [2.24, 2.45) is 5.41 Å². The van der Waals surface area contributed by atoms with Gasteiger partial charge in [0.15, 0.2) is 9.84 Å². The van der Waals surface area contributed by atoms with Gasteiger partial charge >= 0.3 is 0 Å². The highest BCUT2D eigenvalue weighted by Crippen LogP contribution is 2.20. The molecule has 94 valence electrons. The Morgan fingerprint density at radius 3 is 2.56 bits per heavy atom. The van der Waals surface area contributed by atoms with E-state index < -0.39 is 9.84 Å². The van der Waals surface area contributed by atoms with Crippen LogP contribution in [0.15, 0.2) is 0 Å². The van der Waals surface area contributed by atoms with Crippen molar-refractivity contribution in [3.05, 3.63) is 0 Å². The first kappa shape index (κ1) is 13.6. The average molecular weight is 247 g/mol. The lowest BCUT2D eigenvalue weighted by Gasteiger charge is -2.29. The molecule has 16 heavy (non-hydrogen) atoms. The molecule has 0 spiro atoms. The molecule has 0 radical (unpaired) electrons. The van der Waals surface area contributed by atoms with E-state index >= 15 is 0 Å². The van der Waals surface area contributed by atoms with Gasteiger partial charge in [0, 0.05) is 18.5 Å². The predicted octanol–water partition coefficient (Wildman–Crippen LogP) is 0.722. The van der Waals surface area contributed by atoms with Gasteiger partial charge < -0.3 is 9.69 Å². The fraction of sp³-hybridized carbons (Fsp3) is 0.909. The van der Waals surface area contributed by atoms with Crippen LogP contribution in [-0.2, 0) is 14.6 Å². The Balaban J connectivity index is 2.59. The lowest BCUT2D eigenvalue weighted by molar-refractivity contribution is -0.116. The molecular formula is C11H21NO3S. The van der Waals surface area contributed by atoms with Crippen molar-refractivity contribution >= 4 is 16.1 Å². The molecule has 0 saturated carbocycles. The maximum Gasteiger partial charge on any atom is 0.151 e. The van der Waals surface area contributed by atoms with E-state index in [1.54, 1.807) is 0 Å². The molecule has 0 N–H and O–H groups in total. The van der Waals surface area contributed by atoms with Crippen molar-refractivity contribution in [3.63, 3.8) is 0 Å². The Labute approximate surface area is 97.9 Å². The molecule has 0 amide bonds. The molecule has 1 atom stereocenters. The second-order valence-corrected chi connectivity index (χ2v) is 7.21. The van der Waals surface area contributed by atoms with E-state index in [0.29, 0.717) is 19.5 Å². The first-order valence-corrected chi connectivity index (χ1v) is 7.62. The topological polar surface area (TPSA) is 54.5 Å². The standard InChI is InChI=1S/C11H21NO3S/c1-3-11(2,10-13)9-12-5-4-7-16(14,15)8-6-12/h10H,3-9H2,1-2H3. The van der Waals surface area contributed by atoms with Gasteiger partial charge in [-0.2, -0.15) is 0 Å². The summed E-state index contributed by atoms with van der Waals surface area (Å²) in [5.41, 5.74) is -0.339. The van der Waals surface area contributed by atoms with Gasteiger partial charge in [0.1, 0.15) is 6.29 Å². The Kier molecular flexibility index (Phi) is 4.50. The molecule has 0 aromatic carbocycles. The summed E-state index contributed by atoms with van der Waals surface area (Å²) in [7, 11) is -2.85. The molecule has 1 rings (SSSR count). The molecule has 0 aromatic heterocycles. The van der Waals surface area contributed by atoms with Gasteiger partial charge in [-0.05, 0) is 19.4 Å². The van der Waals surface area contributed by atoms with Crippen LogP contribution in [0.25, 0.3) is 0 Å². The normalized spacial score (nSPS) is 25.6. The molecule has 4 nitrogen and oxygen atoms in total. The summed E-state index contributed by atoms with van der Waals surface area (Å²) in [5, 5.41) is 0. The lowest BCUT2D eigenvalue weighted by Crippen LogP contribution is -2.38. The Hall–Kier alpha value is -0.420. The highest BCUT2D eigenvalue weighted by atomic mass is 32.2. The van der Waals surface area contributed by atoms with Crippen LogP contribution in [0.3, 0.4) is 0 Å². The maximum atomic E-state index is 11.4. The zero-order valence-electron chi connectivity index (χ0n) is 10.1. The largest absolute Gasteiger partial charge is 0.303 e. The summed E-state index contributed by atoms with van der Waals surface area (Å²) in [5.74, 6) is 0.513. The number of nitrogens with zero attached hydrogens (tertiary/aromatic N) is 1. The van der Waals surface area contributed by atoms with Crippen LogP contribution < -0.4 is 0 Å². The first-order chi connectivity index (χ1) is 7.41. The summed E-state index contributed by atoms with van der Waals surface area (Å²) in [4.78, 5) is 13.1. The van der Waals surface area contributed by atoms with Crippen LogP contribution in [0.2, 0.25) is 0 Å². The van der Waals surface area contributed by atoms with Crippen molar-refractivity contribution < 1.29 is 13.2 Å². The van der Waals surface area contributed by atoms with Gasteiger partial charge in [0.05, 0.1) is 11.5 Å². The van der Waals surface area contributed by atoms with Crippen molar-refractivity contribution in [2.45, 2.75) is 26.7 Å². The van der Waals surface area contributed by atoms with E-state index in [4.69, 9.17) is 0 Å². The molecule has 1 fully saturated rings. The van der Waals surface area contributed by atoms with Crippen molar-refractivity contribution in [3.8, 4) is 0 Å². The van der Waals surface area contributed by atoms with Crippen molar-refractivity contribution in [2.75, 3.05) is 31.1 Å². The van der Waals surface area contributed by atoms with E-state index in [1.807, 2.05) is 13.8 Å². The Bertz CT molecular complexity index is 339. The van der Waals surface area contributed by atoms with Crippen LogP contribution in [0.1, 0.15) is 26.7 Å². The maximum absolute atomic E-state index is 11.4. The minimum absolute atomic E-state index is 0.228. The van der Waals surface area contributed by atoms with Crippen molar-refractivity contribution in [1.82, 2.24) is 4.90 Å². The van der Waals surface area contributed by atoms with Crippen LogP contribution in [0.4, 0.5) is 0 Å². The quantitative estimate of drug-likeness (QED) is 0.687. The monoisotopic (exact) mass is 247 g/mol. The third-order valence-corrected chi connectivity index (χ3v) is 5.04. The molecule has 1 unspecified atom stereocenters. The summed E-state index contributed by atoms with van der Waals surface area (Å²) in [6, 6.07) is 0. The lowest BCUT2D eigenvalue weighted by atomic mass is 9.89. The molecule has 1 aliphatic heterocycles.